The van der Waals surface area contributed by atoms with E-state index >= 15 is 0 Å². The summed E-state index contributed by atoms with van der Waals surface area (Å²) in [5.74, 6) is 0. The summed E-state index contributed by atoms with van der Waals surface area (Å²) < 4.78 is 139. The fraction of sp³-hybridized carbons (Fsp3) is 0.333. The maximum absolute atomic E-state index is 13.8. The van der Waals surface area contributed by atoms with Gasteiger partial charge in [0.1, 0.15) is 97.7 Å². The molecule has 0 aliphatic carbocycles. The summed E-state index contributed by atoms with van der Waals surface area (Å²) in [5.41, 5.74) is 10.4. The Labute approximate surface area is 755 Å². The van der Waals surface area contributed by atoms with Crippen LogP contribution in [0.1, 0.15) is 66.8 Å². The first-order valence-electron chi connectivity index (χ1n) is 44.5. The zero-order valence-electron chi connectivity index (χ0n) is 72.2. The summed E-state index contributed by atoms with van der Waals surface area (Å²) >= 11 is 0. The Balaban J connectivity index is 0.857. The molecule has 4 saturated heterocycles. The van der Waals surface area contributed by atoms with Gasteiger partial charge in [-0.2, -0.15) is 0 Å². The average Bonchev–Trinajstić information content (AvgIpc) is 0.758. The Hall–Kier alpha value is -10.2. The van der Waals surface area contributed by atoms with E-state index in [1.54, 1.807) is 0 Å². The predicted molar refractivity (Wildman–Crippen MR) is 482 cm³/mol. The van der Waals surface area contributed by atoms with E-state index in [9.17, 15) is 10.2 Å². The normalized spacial score (nSPS) is 25.8. The Bertz CT molecular complexity index is 5070. The predicted octanol–water partition coefficient (Wildman–Crippen LogP) is 16.9. The van der Waals surface area contributed by atoms with Crippen LogP contribution >= 0.6 is 0 Å². The first-order valence-corrected chi connectivity index (χ1v) is 44.5. The van der Waals surface area contributed by atoms with Gasteiger partial charge >= 0.3 is 0 Å². The van der Waals surface area contributed by atoms with Gasteiger partial charge in [-0.05, 0) is 66.8 Å². The number of hydrogen-bond acceptors (Lipinski definition) is 21. The molecule has 0 radical (unpaired) electrons. The Morgan fingerprint density at radius 1 is 0.171 bits per heavy atom. The number of aliphatic hydroxyl groups excluding tert-OH is 2. The van der Waals surface area contributed by atoms with Gasteiger partial charge in [0.05, 0.1) is 106 Å². The second-order valence-electron chi connectivity index (χ2n) is 32.6. The number of aliphatic hydroxyl groups is 2. The van der Waals surface area contributed by atoms with Crippen LogP contribution < -0.4 is 0 Å². The highest BCUT2D eigenvalue weighted by Gasteiger charge is 2.59. The van der Waals surface area contributed by atoms with E-state index in [4.69, 9.17) is 90.0 Å². The van der Waals surface area contributed by atoms with Gasteiger partial charge in [-0.3, -0.25) is 0 Å². The summed E-state index contributed by atoms with van der Waals surface area (Å²) in [6.45, 7) is 0.934. The van der Waals surface area contributed by atoms with Gasteiger partial charge in [-0.1, -0.05) is 364 Å². The van der Waals surface area contributed by atoms with Crippen molar-refractivity contribution in [3.05, 3.63) is 431 Å². The summed E-state index contributed by atoms with van der Waals surface area (Å²) in [6, 6.07) is 118. The monoisotopic (exact) mass is 1750 g/mol. The maximum atomic E-state index is 13.8. The summed E-state index contributed by atoms with van der Waals surface area (Å²) in [4.78, 5) is 0. The van der Waals surface area contributed by atoms with Gasteiger partial charge < -0.3 is 100 Å². The van der Waals surface area contributed by atoms with E-state index in [0.29, 0.717) is 0 Å². The highest BCUT2D eigenvalue weighted by molar-refractivity contribution is 5.23. The third-order valence-electron chi connectivity index (χ3n) is 23.1. The van der Waals surface area contributed by atoms with Gasteiger partial charge in [-0.15, -0.1) is 0 Å². The topological polar surface area (TPSA) is 216 Å². The van der Waals surface area contributed by atoms with Crippen LogP contribution in [0.3, 0.4) is 0 Å². The van der Waals surface area contributed by atoms with Gasteiger partial charge in [0, 0.05) is 0 Å². The zero-order valence-corrected chi connectivity index (χ0v) is 72.2. The number of ether oxygens (including phenoxy) is 19. The molecule has 21 heteroatoms. The summed E-state index contributed by atoms with van der Waals surface area (Å²) in [7, 11) is 0. The van der Waals surface area contributed by atoms with Crippen molar-refractivity contribution < 1.29 is 100 Å². The Morgan fingerprint density at radius 2 is 0.341 bits per heavy atom. The first kappa shape index (κ1) is 92.1. The van der Waals surface area contributed by atoms with Crippen LogP contribution in [-0.2, 0) is 169 Å². The molecule has 4 aliphatic heterocycles. The molecule has 20 atom stereocenters. The van der Waals surface area contributed by atoms with Gasteiger partial charge in [0.15, 0.2) is 25.2 Å². The molecule has 21 nitrogen and oxygen atoms in total. The molecule has 4 fully saturated rings. The molecule has 0 saturated carbocycles. The minimum atomic E-state index is -1.78. The third kappa shape index (κ3) is 27.0. The molecular weight excluding hydrogens is 1630 g/mol. The molecule has 4 aliphatic rings. The van der Waals surface area contributed by atoms with Crippen molar-refractivity contribution in [1.29, 1.82) is 0 Å². The standard InChI is InChI=1S/C108H114O21/c109-93-98(119-69-85-53-29-9-30-54-85)94(115-65-81-45-21-5-22-46-81)90(74-112-62-78-39-15-2-16-40-78)124-106(93)128-103-100(121-71-87-57-33-11-34-58-87)96(117-67-83-49-25-7-26-50-83)92(76-114-64-80-43-19-4-20-44-80)126-108(103)129-104-101(122-72-88-59-35-12-36-60-88)97(118-68-84-51-27-8-28-52-84)91(75-113-63-79-41-17-3-18-42-79)125-107(104)127-102-99(120-70-86-55-31-10-32-56-86)95(116-66-82-47-23-6-24-48-82)89(123-105(102)110)73-111-61-77-37-13-1-14-38-77/h1-60,89-110H,61-76H2/t89-,90-,91-,92-,93+,94-,95-,96-,97-,98-,99+,100+,101+,102+,103+,104+,105+,106+,107-,108+/m1/s1. The quantitative estimate of drug-likeness (QED) is 0.0363. The van der Waals surface area contributed by atoms with E-state index in [1.165, 1.54) is 0 Å². The van der Waals surface area contributed by atoms with Crippen LogP contribution in [-0.4, -0.2) is 159 Å². The number of rotatable bonds is 46. The van der Waals surface area contributed by atoms with E-state index < -0.39 is 123 Å². The van der Waals surface area contributed by atoms with Gasteiger partial charge in [0.25, 0.3) is 0 Å². The van der Waals surface area contributed by atoms with Crippen LogP contribution in [0.2, 0.25) is 0 Å². The van der Waals surface area contributed by atoms with Gasteiger partial charge in [0.2, 0.25) is 0 Å². The van der Waals surface area contributed by atoms with Crippen LogP contribution in [0.15, 0.2) is 364 Å². The average molecular weight is 1750 g/mol. The van der Waals surface area contributed by atoms with Crippen molar-refractivity contribution in [2.45, 2.75) is 202 Å². The second kappa shape index (κ2) is 49.2. The maximum Gasteiger partial charge on any atom is 0.187 e. The largest absolute Gasteiger partial charge is 0.385 e. The van der Waals surface area contributed by atoms with E-state index in [0.717, 1.165) is 66.8 Å². The lowest BCUT2D eigenvalue weighted by atomic mass is 9.94. The fourth-order valence-corrected chi connectivity index (χ4v) is 16.5. The minimum absolute atomic E-state index is 0.00000305. The highest BCUT2D eigenvalue weighted by atomic mass is 16.8. The smallest absolute Gasteiger partial charge is 0.187 e. The SMILES string of the molecule is O[C@@H]1[C@H](O[C@@H]2[C@H](O[C@@H]3[C@@H](O[C@H]4[C@@H](OCc5ccccc5)[C@H](OCc5ccccc5)[C@@H](COCc5ccccc5)O[C@@H]4O)O[C@H](COCc4ccccc4)[C@@H](OCc4ccccc4)[C@@H]3OCc3ccccc3)O[C@H](COCc3ccccc3)[C@@H](OCc3ccccc3)[C@@H]2OCc2ccccc2)O[C@H](COCc2ccccc2)[C@@H](OCc2ccccc2)[C@@H]1OCc1ccccc1. The van der Waals surface area contributed by atoms with Crippen LogP contribution in [0.25, 0.3) is 0 Å². The lowest BCUT2D eigenvalue weighted by molar-refractivity contribution is -0.415. The molecule has 0 aromatic heterocycles. The molecule has 0 spiro atoms. The number of benzene rings is 12. The van der Waals surface area contributed by atoms with Crippen molar-refractivity contribution in [2.75, 3.05) is 26.4 Å². The lowest BCUT2D eigenvalue weighted by Gasteiger charge is -2.52. The van der Waals surface area contributed by atoms with Crippen LogP contribution in [0.4, 0.5) is 0 Å². The number of hydrogen-bond donors (Lipinski definition) is 2. The highest BCUT2D eigenvalue weighted by Crippen LogP contribution is 2.42. The minimum Gasteiger partial charge on any atom is -0.385 e. The van der Waals surface area contributed by atoms with Crippen LogP contribution in [0.5, 0.6) is 0 Å². The molecule has 0 unspecified atom stereocenters. The molecule has 12 aromatic carbocycles. The Kier molecular flexibility index (Phi) is 35.1. The molecule has 0 amide bonds. The van der Waals surface area contributed by atoms with Crippen molar-refractivity contribution in [3.8, 4) is 0 Å². The fourth-order valence-electron chi connectivity index (χ4n) is 16.5. The molecule has 2 N–H and O–H groups in total. The molecule has 12 aromatic rings. The molecule has 672 valence electrons. The van der Waals surface area contributed by atoms with Crippen LogP contribution in [0, 0.1) is 0 Å². The molecule has 4 heterocycles. The molecule has 0 bridgehead atoms. The first-order chi connectivity index (χ1) is 63.8. The van der Waals surface area contributed by atoms with Crippen molar-refractivity contribution in [3.63, 3.8) is 0 Å². The van der Waals surface area contributed by atoms with Gasteiger partial charge in [-0.25, -0.2) is 0 Å². The van der Waals surface area contributed by atoms with Crippen molar-refractivity contribution >= 4 is 0 Å². The van der Waals surface area contributed by atoms with Crippen molar-refractivity contribution in [2.24, 2.45) is 0 Å². The third-order valence-corrected chi connectivity index (χ3v) is 23.1. The zero-order chi connectivity index (χ0) is 87.7. The molecule has 16 rings (SSSR count). The van der Waals surface area contributed by atoms with Crippen molar-refractivity contribution in [1.82, 2.24) is 0 Å². The summed E-state index contributed by atoms with van der Waals surface area (Å²) in [6.07, 6.45) is -25.9. The van der Waals surface area contributed by atoms with E-state index in [-0.39, 0.29) is 106 Å². The summed E-state index contributed by atoms with van der Waals surface area (Å²) in [5, 5.41) is 27.2. The van der Waals surface area contributed by atoms with E-state index in [1.807, 2.05) is 364 Å². The molecule has 129 heavy (non-hydrogen) atoms. The second-order valence-corrected chi connectivity index (χ2v) is 32.6. The lowest BCUT2D eigenvalue weighted by Crippen LogP contribution is -2.69. The van der Waals surface area contributed by atoms with E-state index in [2.05, 4.69) is 0 Å². The Morgan fingerprint density at radius 3 is 0.581 bits per heavy atom. The molecular formula is C108H114O21.